The highest BCUT2D eigenvalue weighted by atomic mass is 35.5. The summed E-state index contributed by atoms with van der Waals surface area (Å²) in [5.41, 5.74) is 2.27. The van der Waals surface area contributed by atoms with Gasteiger partial charge in [0.05, 0.1) is 0 Å². The van der Waals surface area contributed by atoms with Crippen molar-refractivity contribution < 1.29 is 18.3 Å². The van der Waals surface area contributed by atoms with E-state index in [1.165, 1.54) is 24.3 Å². The van der Waals surface area contributed by atoms with Crippen LogP contribution in [0.3, 0.4) is 0 Å². The third-order valence-electron chi connectivity index (χ3n) is 4.05. The molecule has 0 aliphatic carbocycles. The summed E-state index contributed by atoms with van der Waals surface area (Å²) >= 11 is 6.15. The SMILES string of the molecule is Cc1ccc(-c2ccc(/C=C3/N=C(c4cccc(F)c4)OC3=O)o2)cc1Cl. The molecule has 0 bridgehead atoms. The van der Waals surface area contributed by atoms with Crippen molar-refractivity contribution in [1.29, 1.82) is 0 Å². The van der Waals surface area contributed by atoms with E-state index in [2.05, 4.69) is 4.99 Å². The Labute approximate surface area is 159 Å². The van der Waals surface area contributed by atoms with E-state index in [0.717, 1.165) is 11.1 Å². The third kappa shape index (κ3) is 3.55. The fourth-order valence-corrected chi connectivity index (χ4v) is 2.80. The lowest BCUT2D eigenvalue weighted by molar-refractivity contribution is -0.129. The fourth-order valence-electron chi connectivity index (χ4n) is 2.62. The van der Waals surface area contributed by atoms with Crippen LogP contribution in [0.4, 0.5) is 4.39 Å². The van der Waals surface area contributed by atoms with Gasteiger partial charge in [0.1, 0.15) is 17.3 Å². The highest BCUT2D eigenvalue weighted by Gasteiger charge is 2.24. The topological polar surface area (TPSA) is 51.8 Å². The zero-order valence-electron chi connectivity index (χ0n) is 14.2. The van der Waals surface area contributed by atoms with Crippen molar-refractivity contribution >= 4 is 29.5 Å². The molecule has 3 aromatic rings. The van der Waals surface area contributed by atoms with Crippen LogP contribution in [0, 0.1) is 12.7 Å². The van der Waals surface area contributed by atoms with Gasteiger partial charge in [-0.1, -0.05) is 29.8 Å². The van der Waals surface area contributed by atoms with Gasteiger partial charge in [-0.25, -0.2) is 14.2 Å². The van der Waals surface area contributed by atoms with E-state index in [0.29, 0.717) is 22.1 Å². The predicted octanol–water partition coefficient (Wildman–Crippen LogP) is 5.39. The molecule has 4 nitrogen and oxygen atoms in total. The van der Waals surface area contributed by atoms with Crippen LogP contribution in [-0.2, 0) is 9.53 Å². The number of carbonyl (C=O) groups is 1. The van der Waals surface area contributed by atoms with E-state index in [1.807, 2.05) is 25.1 Å². The highest BCUT2D eigenvalue weighted by Crippen LogP contribution is 2.28. The van der Waals surface area contributed by atoms with E-state index in [9.17, 15) is 9.18 Å². The second-order valence-corrected chi connectivity index (χ2v) is 6.42. The Bertz CT molecular complexity index is 1110. The maximum absolute atomic E-state index is 13.3. The van der Waals surface area contributed by atoms with Gasteiger partial charge in [-0.15, -0.1) is 0 Å². The lowest BCUT2D eigenvalue weighted by Crippen LogP contribution is -2.05. The predicted molar refractivity (Wildman–Crippen MR) is 101 cm³/mol. The van der Waals surface area contributed by atoms with E-state index in [1.54, 1.807) is 18.2 Å². The molecule has 1 aromatic heterocycles. The summed E-state index contributed by atoms with van der Waals surface area (Å²) in [5.74, 6) is 0.0619. The number of aryl methyl sites for hydroxylation is 1. The Kier molecular flexibility index (Phi) is 4.38. The average molecular weight is 382 g/mol. The van der Waals surface area contributed by atoms with Gasteiger partial charge in [0.2, 0.25) is 5.90 Å². The molecule has 0 unspecified atom stereocenters. The lowest BCUT2D eigenvalue weighted by Gasteiger charge is -2.00. The Morgan fingerprint density at radius 3 is 2.70 bits per heavy atom. The van der Waals surface area contributed by atoms with Gasteiger partial charge in [-0.2, -0.15) is 0 Å². The minimum Gasteiger partial charge on any atom is -0.457 e. The molecule has 0 saturated carbocycles. The monoisotopic (exact) mass is 381 g/mol. The summed E-state index contributed by atoms with van der Waals surface area (Å²) in [6.07, 6.45) is 1.48. The molecule has 1 aliphatic heterocycles. The molecule has 1 aliphatic rings. The minimum absolute atomic E-state index is 0.0582. The first-order valence-corrected chi connectivity index (χ1v) is 8.52. The quantitative estimate of drug-likeness (QED) is 0.451. The molecule has 2 heterocycles. The van der Waals surface area contributed by atoms with Crippen LogP contribution >= 0.6 is 11.6 Å². The molecule has 6 heteroatoms. The second kappa shape index (κ2) is 6.85. The molecule has 0 saturated heterocycles. The number of cyclic esters (lactones) is 1. The number of hydrogen-bond donors (Lipinski definition) is 0. The molecular formula is C21H13ClFNO3. The van der Waals surface area contributed by atoms with Gasteiger partial charge in [0.15, 0.2) is 5.70 Å². The molecule has 0 radical (unpaired) electrons. The molecule has 2 aromatic carbocycles. The first-order chi connectivity index (χ1) is 13.0. The molecule has 0 N–H and O–H groups in total. The first kappa shape index (κ1) is 17.2. The molecule has 0 atom stereocenters. The number of aliphatic imine (C=N–C) groups is 1. The Balaban J connectivity index is 1.63. The highest BCUT2D eigenvalue weighted by molar-refractivity contribution is 6.31. The van der Waals surface area contributed by atoms with Crippen LogP contribution in [0.1, 0.15) is 16.9 Å². The van der Waals surface area contributed by atoms with Crippen molar-refractivity contribution in [1.82, 2.24) is 0 Å². The standard InChI is InChI=1S/C21H13ClFNO3/c1-12-5-6-13(10-17(12)22)19-8-7-16(26-19)11-18-21(25)27-20(24-18)14-3-2-4-15(23)9-14/h2-11H,1H3/b18-11+. The van der Waals surface area contributed by atoms with Crippen LogP contribution in [0.5, 0.6) is 0 Å². The van der Waals surface area contributed by atoms with Crippen molar-refractivity contribution in [2.45, 2.75) is 6.92 Å². The number of halogens is 2. The van der Waals surface area contributed by atoms with E-state index in [-0.39, 0.29) is 11.6 Å². The Morgan fingerprint density at radius 1 is 1.07 bits per heavy atom. The fraction of sp³-hybridized carbons (Fsp3) is 0.0476. The number of benzene rings is 2. The molecule has 27 heavy (non-hydrogen) atoms. The minimum atomic E-state index is -0.620. The van der Waals surface area contributed by atoms with Crippen LogP contribution < -0.4 is 0 Å². The summed E-state index contributed by atoms with van der Waals surface area (Å²) in [4.78, 5) is 16.2. The van der Waals surface area contributed by atoms with Gasteiger partial charge in [0.25, 0.3) is 0 Å². The van der Waals surface area contributed by atoms with Gasteiger partial charge < -0.3 is 9.15 Å². The van der Waals surface area contributed by atoms with E-state index < -0.39 is 11.8 Å². The van der Waals surface area contributed by atoms with E-state index >= 15 is 0 Å². The zero-order valence-corrected chi connectivity index (χ0v) is 15.0. The van der Waals surface area contributed by atoms with Crippen molar-refractivity contribution in [2.24, 2.45) is 4.99 Å². The smallest absolute Gasteiger partial charge is 0.363 e. The molecule has 134 valence electrons. The zero-order chi connectivity index (χ0) is 19.0. The number of hydrogen-bond acceptors (Lipinski definition) is 4. The van der Waals surface area contributed by atoms with Crippen molar-refractivity contribution in [2.75, 3.05) is 0 Å². The van der Waals surface area contributed by atoms with Crippen molar-refractivity contribution in [3.63, 3.8) is 0 Å². The maximum Gasteiger partial charge on any atom is 0.363 e. The normalized spacial score (nSPS) is 15.1. The Hall–Kier alpha value is -3.18. The largest absolute Gasteiger partial charge is 0.457 e. The number of nitrogens with zero attached hydrogens (tertiary/aromatic N) is 1. The molecule has 4 rings (SSSR count). The summed E-state index contributed by atoms with van der Waals surface area (Å²) in [6.45, 7) is 1.92. The van der Waals surface area contributed by atoms with Gasteiger partial charge >= 0.3 is 5.97 Å². The van der Waals surface area contributed by atoms with Crippen molar-refractivity contribution in [3.8, 4) is 11.3 Å². The summed E-state index contributed by atoms with van der Waals surface area (Å²) in [6, 6.07) is 14.8. The maximum atomic E-state index is 13.3. The van der Waals surface area contributed by atoms with Crippen LogP contribution in [0.25, 0.3) is 17.4 Å². The van der Waals surface area contributed by atoms with Crippen molar-refractivity contribution in [3.05, 3.63) is 88.0 Å². The van der Waals surface area contributed by atoms with Gasteiger partial charge in [-0.3, -0.25) is 0 Å². The number of rotatable bonds is 3. The number of furan rings is 1. The molecule has 0 amide bonds. The average Bonchev–Trinajstić information content (AvgIpc) is 3.25. The molecule has 0 fully saturated rings. The molecular weight excluding hydrogens is 369 g/mol. The third-order valence-corrected chi connectivity index (χ3v) is 4.46. The first-order valence-electron chi connectivity index (χ1n) is 8.14. The van der Waals surface area contributed by atoms with E-state index in [4.69, 9.17) is 20.8 Å². The Morgan fingerprint density at radius 2 is 1.93 bits per heavy atom. The van der Waals surface area contributed by atoms with Crippen LogP contribution in [0.2, 0.25) is 5.02 Å². The summed E-state index contributed by atoms with van der Waals surface area (Å²) < 4.78 is 24.2. The number of ether oxygens (including phenoxy) is 1. The van der Waals surface area contributed by atoms with Gasteiger partial charge in [0, 0.05) is 22.2 Å². The lowest BCUT2D eigenvalue weighted by atomic mass is 10.1. The van der Waals surface area contributed by atoms with Crippen LogP contribution in [-0.4, -0.2) is 11.9 Å². The van der Waals surface area contributed by atoms with Gasteiger partial charge in [-0.05, 0) is 48.9 Å². The van der Waals surface area contributed by atoms with Crippen LogP contribution in [0.15, 0.2) is 69.7 Å². The molecule has 0 spiro atoms. The second-order valence-electron chi connectivity index (χ2n) is 6.01. The summed E-state index contributed by atoms with van der Waals surface area (Å²) in [7, 11) is 0. The number of carbonyl (C=O) groups excluding carboxylic acids is 1. The number of esters is 1. The summed E-state index contributed by atoms with van der Waals surface area (Å²) in [5, 5.41) is 0.646.